The summed E-state index contributed by atoms with van der Waals surface area (Å²) in [6.07, 6.45) is 6.75. The summed E-state index contributed by atoms with van der Waals surface area (Å²) in [4.78, 5) is 25.1. The first-order chi connectivity index (χ1) is 12.7. The van der Waals surface area contributed by atoms with Gasteiger partial charge < -0.3 is 14.8 Å². The summed E-state index contributed by atoms with van der Waals surface area (Å²) < 4.78 is 12.3. The summed E-state index contributed by atoms with van der Waals surface area (Å²) in [6.45, 7) is 2.42. The van der Waals surface area contributed by atoms with E-state index in [0.29, 0.717) is 24.0 Å². The molecule has 2 aromatic heterocycles. The average Bonchev–Trinajstić information content (AvgIpc) is 3.21. The fourth-order valence-corrected chi connectivity index (χ4v) is 2.27. The lowest BCUT2D eigenvalue weighted by Gasteiger charge is -2.13. The number of imidazole rings is 1. The summed E-state index contributed by atoms with van der Waals surface area (Å²) in [5, 5.41) is 3.08. The van der Waals surface area contributed by atoms with Crippen LogP contribution < -0.4 is 14.8 Å². The Morgan fingerprint density at radius 2 is 2.15 bits per heavy atom. The highest BCUT2D eigenvalue weighted by Crippen LogP contribution is 2.27. The summed E-state index contributed by atoms with van der Waals surface area (Å²) >= 11 is 0. The molecule has 8 heteroatoms. The highest BCUT2D eigenvalue weighted by atomic mass is 16.5. The fourth-order valence-electron chi connectivity index (χ4n) is 2.27. The SMILES string of the molecule is CCCOc1nc(Nc2ccccc2OC)ncc1C(=O)n1ccnc1. The number of aromatic nitrogens is 4. The van der Waals surface area contributed by atoms with Gasteiger partial charge >= 0.3 is 0 Å². The molecule has 0 fully saturated rings. The third-order valence-corrected chi connectivity index (χ3v) is 3.52. The van der Waals surface area contributed by atoms with Gasteiger partial charge in [-0.3, -0.25) is 9.36 Å². The predicted molar refractivity (Wildman–Crippen MR) is 96.1 cm³/mol. The molecule has 0 saturated heterocycles. The Morgan fingerprint density at radius 1 is 1.31 bits per heavy atom. The van der Waals surface area contributed by atoms with E-state index in [2.05, 4.69) is 20.3 Å². The molecule has 3 rings (SSSR count). The molecule has 0 spiro atoms. The molecule has 1 N–H and O–H groups in total. The monoisotopic (exact) mass is 353 g/mol. The van der Waals surface area contributed by atoms with Crippen LogP contribution in [0.3, 0.4) is 0 Å². The predicted octanol–water partition coefficient (Wildman–Crippen LogP) is 2.90. The van der Waals surface area contributed by atoms with Crippen molar-refractivity contribution in [3.63, 3.8) is 0 Å². The third kappa shape index (κ3) is 3.80. The number of hydrogen-bond donors (Lipinski definition) is 1. The second-order valence-electron chi connectivity index (χ2n) is 5.36. The van der Waals surface area contributed by atoms with Gasteiger partial charge in [-0.15, -0.1) is 0 Å². The van der Waals surface area contributed by atoms with E-state index in [1.54, 1.807) is 13.3 Å². The Bertz CT molecular complexity index is 880. The maximum absolute atomic E-state index is 12.6. The van der Waals surface area contributed by atoms with E-state index in [0.717, 1.165) is 6.42 Å². The summed E-state index contributed by atoms with van der Waals surface area (Å²) in [5.41, 5.74) is 0.979. The molecule has 1 aromatic carbocycles. The number of rotatable bonds is 7. The number of ether oxygens (including phenoxy) is 2. The van der Waals surface area contributed by atoms with Crippen molar-refractivity contribution >= 4 is 17.5 Å². The second-order valence-corrected chi connectivity index (χ2v) is 5.36. The van der Waals surface area contributed by atoms with E-state index in [1.807, 2.05) is 31.2 Å². The van der Waals surface area contributed by atoms with Crippen LogP contribution in [0.2, 0.25) is 0 Å². The maximum atomic E-state index is 12.6. The first kappa shape index (κ1) is 17.4. The number of nitrogens with zero attached hydrogens (tertiary/aromatic N) is 4. The topological polar surface area (TPSA) is 91.2 Å². The molecule has 0 amide bonds. The van der Waals surface area contributed by atoms with Crippen LogP contribution in [-0.4, -0.2) is 39.1 Å². The molecule has 0 saturated carbocycles. The van der Waals surface area contributed by atoms with Crippen LogP contribution in [0.1, 0.15) is 23.7 Å². The van der Waals surface area contributed by atoms with E-state index in [1.165, 1.54) is 23.3 Å². The number of anilines is 2. The van der Waals surface area contributed by atoms with E-state index in [4.69, 9.17) is 9.47 Å². The normalized spacial score (nSPS) is 10.4. The lowest BCUT2D eigenvalue weighted by molar-refractivity contribution is 0.0954. The van der Waals surface area contributed by atoms with Gasteiger partial charge in [-0.25, -0.2) is 9.97 Å². The molecule has 0 aliphatic rings. The van der Waals surface area contributed by atoms with Gasteiger partial charge in [0.05, 0.1) is 19.4 Å². The van der Waals surface area contributed by atoms with Crippen molar-refractivity contribution in [1.82, 2.24) is 19.5 Å². The van der Waals surface area contributed by atoms with Crippen molar-refractivity contribution in [2.75, 3.05) is 19.0 Å². The van der Waals surface area contributed by atoms with E-state index in [-0.39, 0.29) is 17.4 Å². The number of benzene rings is 1. The molecule has 2 heterocycles. The van der Waals surface area contributed by atoms with Crippen LogP contribution in [0.5, 0.6) is 11.6 Å². The smallest absolute Gasteiger partial charge is 0.270 e. The lowest BCUT2D eigenvalue weighted by atomic mass is 10.3. The van der Waals surface area contributed by atoms with Crippen molar-refractivity contribution in [3.8, 4) is 11.6 Å². The molecule has 0 aliphatic heterocycles. The zero-order chi connectivity index (χ0) is 18.4. The third-order valence-electron chi connectivity index (χ3n) is 3.52. The van der Waals surface area contributed by atoms with E-state index < -0.39 is 0 Å². The maximum Gasteiger partial charge on any atom is 0.270 e. The minimum atomic E-state index is -0.308. The van der Waals surface area contributed by atoms with Gasteiger partial charge in [-0.2, -0.15) is 4.98 Å². The fraction of sp³-hybridized carbons (Fsp3) is 0.222. The molecule has 134 valence electrons. The number of hydrogen-bond acceptors (Lipinski definition) is 7. The van der Waals surface area contributed by atoms with Gasteiger partial charge in [0, 0.05) is 18.6 Å². The molecule has 8 nitrogen and oxygen atoms in total. The molecule has 26 heavy (non-hydrogen) atoms. The van der Waals surface area contributed by atoms with Crippen molar-refractivity contribution < 1.29 is 14.3 Å². The highest BCUT2D eigenvalue weighted by molar-refractivity contribution is 5.97. The van der Waals surface area contributed by atoms with E-state index in [9.17, 15) is 4.79 Å². The lowest BCUT2D eigenvalue weighted by Crippen LogP contribution is -2.14. The quantitative estimate of drug-likeness (QED) is 0.698. The van der Waals surface area contributed by atoms with Gasteiger partial charge in [-0.1, -0.05) is 19.1 Å². The van der Waals surface area contributed by atoms with Crippen LogP contribution >= 0.6 is 0 Å². The summed E-state index contributed by atoms with van der Waals surface area (Å²) in [7, 11) is 1.59. The molecule has 0 bridgehead atoms. The van der Waals surface area contributed by atoms with Crippen LogP contribution in [0.4, 0.5) is 11.6 Å². The van der Waals surface area contributed by atoms with Gasteiger partial charge in [0.2, 0.25) is 11.8 Å². The zero-order valence-corrected chi connectivity index (χ0v) is 14.5. The molecule has 0 atom stereocenters. The standard InChI is InChI=1S/C18H19N5O3/c1-3-10-26-16-13(17(24)23-9-8-19-12-23)11-20-18(22-16)21-14-6-4-5-7-15(14)25-2/h4-9,11-12H,3,10H2,1-2H3,(H,20,21,22). The van der Waals surface area contributed by atoms with Crippen LogP contribution in [0.15, 0.2) is 49.2 Å². The first-order valence-electron chi connectivity index (χ1n) is 8.15. The first-order valence-corrected chi connectivity index (χ1v) is 8.15. The second kappa shape index (κ2) is 8.11. The molecular weight excluding hydrogens is 334 g/mol. The summed E-state index contributed by atoms with van der Waals surface area (Å²) in [6, 6.07) is 7.41. The molecule has 0 aliphatic carbocycles. The minimum absolute atomic E-state index is 0.220. The van der Waals surface area contributed by atoms with Crippen LogP contribution in [0, 0.1) is 0 Å². The Kier molecular flexibility index (Phi) is 5.43. The van der Waals surface area contributed by atoms with Gasteiger partial charge in [-0.05, 0) is 18.6 Å². The van der Waals surface area contributed by atoms with Crippen LogP contribution in [0.25, 0.3) is 0 Å². The Morgan fingerprint density at radius 3 is 2.88 bits per heavy atom. The van der Waals surface area contributed by atoms with Crippen molar-refractivity contribution in [3.05, 3.63) is 54.7 Å². The van der Waals surface area contributed by atoms with Crippen molar-refractivity contribution in [1.29, 1.82) is 0 Å². The Labute approximate surface area is 150 Å². The van der Waals surface area contributed by atoms with Crippen molar-refractivity contribution in [2.24, 2.45) is 0 Å². The van der Waals surface area contributed by atoms with Gasteiger partial charge in [0.25, 0.3) is 5.91 Å². The number of carbonyl (C=O) groups is 1. The van der Waals surface area contributed by atoms with Crippen molar-refractivity contribution in [2.45, 2.75) is 13.3 Å². The molecule has 3 aromatic rings. The Balaban J connectivity index is 1.92. The largest absolute Gasteiger partial charge is 0.495 e. The number of para-hydroxylation sites is 2. The number of carbonyl (C=O) groups excluding carboxylic acids is 1. The zero-order valence-electron chi connectivity index (χ0n) is 14.5. The number of methoxy groups -OCH3 is 1. The van der Waals surface area contributed by atoms with Gasteiger partial charge in [0.1, 0.15) is 17.6 Å². The van der Waals surface area contributed by atoms with Gasteiger partial charge in [0.15, 0.2) is 0 Å². The highest BCUT2D eigenvalue weighted by Gasteiger charge is 2.18. The molecular formula is C18H19N5O3. The van der Waals surface area contributed by atoms with Crippen LogP contribution in [-0.2, 0) is 0 Å². The minimum Gasteiger partial charge on any atom is -0.495 e. The Hall–Kier alpha value is -3.42. The number of nitrogens with one attached hydrogen (secondary N) is 1. The van der Waals surface area contributed by atoms with E-state index >= 15 is 0 Å². The summed E-state index contributed by atoms with van der Waals surface area (Å²) in [5.74, 6) is 0.879. The molecule has 0 unspecified atom stereocenters. The molecule has 0 radical (unpaired) electrons. The average molecular weight is 353 g/mol.